The Morgan fingerprint density at radius 1 is 0.169 bits per heavy atom. The summed E-state index contributed by atoms with van der Waals surface area (Å²) in [5.74, 6) is -23.4. The van der Waals surface area contributed by atoms with Gasteiger partial charge in [-0.2, -0.15) is 0 Å². The number of methoxy groups -OCH3 is 1. The summed E-state index contributed by atoms with van der Waals surface area (Å²) in [6, 6.07) is 58.8. The van der Waals surface area contributed by atoms with Crippen LogP contribution >= 0.6 is 0 Å². The van der Waals surface area contributed by atoms with Crippen LogP contribution in [-0.2, 0) is 0 Å². The van der Waals surface area contributed by atoms with Crippen LogP contribution in [0.15, 0.2) is 249 Å². The van der Waals surface area contributed by atoms with Gasteiger partial charge in [-0.05, 0) is 244 Å². The summed E-state index contributed by atoms with van der Waals surface area (Å²) in [5, 5.41) is 0. The Morgan fingerprint density at radius 2 is 0.415 bits per heavy atom. The lowest BCUT2D eigenvalue weighted by molar-refractivity contribution is 0.406. The first-order valence-electron chi connectivity index (χ1n) is 35.0. The van der Waals surface area contributed by atoms with Crippen molar-refractivity contribution in [2.24, 2.45) is 0 Å². The lowest BCUT2D eigenvalue weighted by Gasteiger charge is -2.07. The van der Waals surface area contributed by atoms with Gasteiger partial charge in [-0.3, -0.25) is 0 Å². The monoisotopic (exact) mass is 1650 g/mol. The van der Waals surface area contributed by atoms with E-state index in [1.54, 1.807) is 62.4 Å². The standard InChI is InChI=1S/C13H7F5.C13H8F4.C13H9F3.C13H10F2.C13H11F.C8H8F2O.C7H5F3.C7H6F2.C7H7F/c1-6-2-8(14)12(9(15)3-6)7-4-10(16)13(18)11(17)5-7;1-7-2-3-9(10(14)4-7)8-5-11(15)13(17)12(16)6-8;1-8-2-4-9(5-3-8)10-6-11(14)13(16)12(15)7-10;1-9-2-4-10(5-3-9)11-6-7-12(14)13(15)8-11;1-10-2-4-11(5-3-10)12-6-8-13(14)9-7-12;1-5-7(9)3-6(11-2)4-8(5)10;1-4-2-5(8)7(10)6(9)3-4;1-5-2-3-6(8)7(9)4-5;1-6-2-4-7(8)5-3-6/h2-5H,1H3;2-6H,1H3;2-7H,1H3;2-8H,1H3;2-9H,1H3;3-4H,1-2H3;2-3H,1H3;2-4H,1H3;2-5H,1H3. The fourth-order valence-corrected chi connectivity index (χ4v) is 10.1. The van der Waals surface area contributed by atoms with E-state index in [2.05, 4.69) is 23.8 Å². The van der Waals surface area contributed by atoms with Gasteiger partial charge < -0.3 is 4.74 Å². The van der Waals surface area contributed by atoms with Gasteiger partial charge in [0, 0.05) is 23.3 Å². The second-order valence-corrected chi connectivity index (χ2v) is 26.1. The minimum Gasteiger partial charge on any atom is -0.497 e. The van der Waals surface area contributed by atoms with Crippen molar-refractivity contribution < 1.29 is 106 Å². The quantitative estimate of drug-likeness (QED) is 0.119. The first-order valence-corrected chi connectivity index (χ1v) is 35.0. The number of hydrogen-bond acceptors (Lipinski definition) is 1. The maximum Gasteiger partial charge on any atom is 0.194 e. The third kappa shape index (κ3) is 28.6. The molecular formula is C94H71F23O. The fourth-order valence-electron chi connectivity index (χ4n) is 10.1. The molecule has 14 rings (SSSR count). The lowest BCUT2D eigenvalue weighted by Crippen LogP contribution is -1.96. The summed E-state index contributed by atoms with van der Waals surface area (Å²) in [6.07, 6.45) is 0. The van der Waals surface area contributed by atoms with Crippen molar-refractivity contribution >= 4 is 0 Å². The molecule has 0 radical (unpaired) electrons. The molecule has 24 heteroatoms. The van der Waals surface area contributed by atoms with Gasteiger partial charge in [0.1, 0.15) is 46.5 Å². The van der Waals surface area contributed by atoms with Gasteiger partial charge in [0.2, 0.25) is 0 Å². The van der Waals surface area contributed by atoms with Crippen LogP contribution in [0.4, 0.5) is 101 Å². The topological polar surface area (TPSA) is 9.23 Å². The Morgan fingerprint density at radius 3 is 0.754 bits per heavy atom. The average Bonchev–Trinajstić information content (AvgIpc) is 0.812. The number of halogens is 23. The van der Waals surface area contributed by atoms with E-state index in [0.29, 0.717) is 45.5 Å². The van der Waals surface area contributed by atoms with Crippen LogP contribution in [0.5, 0.6) is 5.75 Å². The normalized spacial score (nSPS) is 10.2. The van der Waals surface area contributed by atoms with Crippen molar-refractivity contribution in [1.29, 1.82) is 0 Å². The van der Waals surface area contributed by atoms with Crippen molar-refractivity contribution in [3.63, 3.8) is 0 Å². The van der Waals surface area contributed by atoms with Crippen molar-refractivity contribution in [3.8, 4) is 61.4 Å². The zero-order valence-corrected chi connectivity index (χ0v) is 64.3. The van der Waals surface area contributed by atoms with Gasteiger partial charge in [-0.25, -0.2) is 101 Å². The van der Waals surface area contributed by atoms with Crippen LogP contribution < -0.4 is 4.74 Å². The number of ether oxygens (including phenoxy) is 1. The molecule has 118 heavy (non-hydrogen) atoms. The molecular weight excluding hydrogens is 1580 g/mol. The molecule has 614 valence electrons. The Labute approximate surface area is 666 Å². The molecule has 0 fully saturated rings. The maximum absolute atomic E-state index is 13.6. The highest BCUT2D eigenvalue weighted by molar-refractivity contribution is 5.68. The van der Waals surface area contributed by atoms with E-state index in [-0.39, 0.29) is 39.6 Å². The zero-order chi connectivity index (χ0) is 87.5. The minimum atomic E-state index is -1.67. The number of aryl methyl sites for hydroxylation is 8. The lowest BCUT2D eigenvalue weighted by atomic mass is 10.0. The predicted molar refractivity (Wildman–Crippen MR) is 413 cm³/mol. The highest BCUT2D eigenvalue weighted by atomic mass is 19.2. The molecule has 0 spiro atoms. The van der Waals surface area contributed by atoms with Gasteiger partial charge in [0.25, 0.3) is 0 Å². The molecule has 0 bridgehead atoms. The van der Waals surface area contributed by atoms with E-state index in [4.69, 9.17) is 0 Å². The van der Waals surface area contributed by atoms with Crippen molar-refractivity contribution in [3.05, 3.63) is 433 Å². The van der Waals surface area contributed by atoms with Crippen LogP contribution in [0.25, 0.3) is 55.6 Å². The van der Waals surface area contributed by atoms with Crippen LogP contribution in [0, 0.1) is 196 Å². The maximum atomic E-state index is 13.6. The summed E-state index contributed by atoms with van der Waals surface area (Å²) < 4.78 is 298. The number of rotatable bonds is 6. The van der Waals surface area contributed by atoms with Crippen molar-refractivity contribution in [2.45, 2.75) is 62.3 Å². The molecule has 0 aliphatic rings. The second-order valence-electron chi connectivity index (χ2n) is 26.1. The molecule has 1 nitrogen and oxygen atoms in total. The predicted octanol–water partition coefficient (Wildman–Crippen LogP) is 29.5. The molecule has 0 amide bonds. The molecule has 0 saturated heterocycles. The first-order chi connectivity index (χ1) is 55.6. The summed E-state index contributed by atoms with van der Waals surface area (Å²) in [6.45, 7) is 15.6. The second kappa shape index (κ2) is 44.4. The molecule has 0 atom stereocenters. The van der Waals surface area contributed by atoms with Gasteiger partial charge in [0.15, 0.2) is 93.1 Å². The van der Waals surface area contributed by atoms with Crippen LogP contribution in [0.3, 0.4) is 0 Å². The molecule has 0 aliphatic heterocycles. The van der Waals surface area contributed by atoms with E-state index >= 15 is 0 Å². The summed E-state index contributed by atoms with van der Waals surface area (Å²) in [4.78, 5) is 0. The molecule has 14 aromatic carbocycles. The third-order valence-corrected chi connectivity index (χ3v) is 16.5. The molecule has 0 N–H and O–H groups in total. The smallest absolute Gasteiger partial charge is 0.194 e. The molecule has 0 saturated carbocycles. The largest absolute Gasteiger partial charge is 0.497 e. The fraction of sp³-hybridized carbons (Fsp3) is 0.106. The van der Waals surface area contributed by atoms with Gasteiger partial charge >= 0.3 is 0 Å². The zero-order valence-electron chi connectivity index (χ0n) is 64.3. The van der Waals surface area contributed by atoms with Crippen molar-refractivity contribution in [2.75, 3.05) is 7.11 Å². The molecule has 0 unspecified atom stereocenters. The van der Waals surface area contributed by atoms with Gasteiger partial charge in [-0.15, -0.1) is 0 Å². The first kappa shape index (κ1) is 94.1. The van der Waals surface area contributed by atoms with Gasteiger partial charge in [0.05, 0.1) is 12.7 Å². The van der Waals surface area contributed by atoms with Crippen molar-refractivity contribution in [1.82, 2.24) is 0 Å². The Hall–Kier alpha value is -12.7. The van der Waals surface area contributed by atoms with Crippen LogP contribution in [0.2, 0.25) is 0 Å². The molecule has 14 aromatic rings. The Kier molecular flexibility index (Phi) is 35.4. The van der Waals surface area contributed by atoms with E-state index in [9.17, 15) is 101 Å². The van der Waals surface area contributed by atoms with Gasteiger partial charge in [-0.1, -0.05) is 144 Å². The summed E-state index contributed by atoms with van der Waals surface area (Å²) in [5.41, 5.74) is 10.4. The van der Waals surface area contributed by atoms with Crippen LogP contribution in [0.1, 0.15) is 50.1 Å². The van der Waals surface area contributed by atoms with E-state index in [1.165, 1.54) is 82.0 Å². The highest BCUT2D eigenvalue weighted by Crippen LogP contribution is 2.32. The molecule has 0 aromatic heterocycles. The average molecular weight is 1650 g/mol. The Balaban J connectivity index is 0.000000208. The summed E-state index contributed by atoms with van der Waals surface area (Å²) >= 11 is 0. The van der Waals surface area contributed by atoms with Crippen LogP contribution in [-0.4, -0.2) is 7.11 Å². The molecule has 0 aliphatic carbocycles. The highest BCUT2D eigenvalue weighted by Gasteiger charge is 2.19. The Bertz CT molecular complexity index is 5480. The number of hydrogen-bond donors (Lipinski definition) is 0. The SMILES string of the molecule is COc1cc(F)c(C)c(F)c1.Cc1cc(F)c(-c2cc(F)c(F)c(F)c2)c(F)c1.Cc1cc(F)c(F)c(F)c1.Cc1ccc(-c2cc(F)c(F)c(F)c2)c(F)c1.Cc1ccc(-c2cc(F)c(F)c(F)c2)cc1.Cc1ccc(-c2ccc(F)c(F)c2)cc1.Cc1ccc(-c2ccc(F)cc2)cc1.Cc1ccc(F)c(F)c1.Cc1ccc(F)cc1. The number of benzene rings is 14. The molecule has 0 heterocycles. The minimum absolute atomic E-state index is 0.0193. The third-order valence-electron chi connectivity index (χ3n) is 16.5. The van der Waals surface area contributed by atoms with E-state index in [1.807, 2.05) is 69.3 Å². The van der Waals surface area contributed by atoms with E-state index in [0.717, 1.165) is 118 Å². The van der Waals surface area contributed by atoms with E-state index < -0.39 is 128 Å². The summed E-state index contributed by atoms with van der Waals surface area (Å²) in [7, 11) is 1.36.